The van der Waals surface area contributed by atoms with Crippen LogP contribution >= 0.6 is 11.8 Å². The largest absolute Gasteiger partial charge is 0.497 e. The third-order valence-electron chi connectivity index (χ3n) is 5.67. The molecule has 0 radical (unpaired) electrons. The van der Waals surface area contributed by atoms with Crippen molar-refractivity contribution < 1.29 is 19.1 Å². The van der Waals surface area contributed by atoms with E-state index in [2.05, 4.69) is 22.8 Å². The maximum atomic E-state index is 12.9. The van der Waals surface area contributed by atoms with Crippen molar-refractivity contribution in [3.8, 4) is 5.75 Å². The lowest BCUT2D eigenvalue weighted by molar-refractivity contribution is -0.122. The Morgan fingerprint density at radius 2 is 1.90 bits per heavy atom. The van der Waals surface area contributed by atoms with E-state index in [1.54, 1.807) is 18.9 Å². The lowest BCUT2D eigenvalue weighted by Gasteiger charge is -2.24. The van der Waals surface area contributed by atoms with Crippen LogP contribution in [0.4, 0.5) is 4.79 Å². The van der Waals surface area contributed by atoms with Crippen molar-refractivity contribution in [1.82, 2.24) is 10.6 Å². The molecule has 1 aromatic rings. The molecule has 0 spiro atoms. The van der Waals surface area contributed by atoms with Gasteiger partial charge in [0.15, 0.2) is 0 Å². The molecule has 0 heterocycles. The topological polar surface area (TPSA) is 76.7 Å². The number of ether oxygens (including phenoxy) is 2. The Bertz CT molecular complexity index is 788. The minimum absolute atomic E-state index is 0.206. The molecule has 6 nitrogen and oxygen atoms in total. The van der Waals surface area contributed by atoms with E-state index in [0.717, 1.165) is 23.0 Å². The van der Waals surface area contributed by atoms with Crippen LogP contribution in [-0.4, -0.2) is 42.3 Å². The van der Waals surface area contributed by atoms with Gasteiger partial charge in [0.25, 0.3) is 0 Å². The number of nitrogens with one attached hydrogen (secondary N) is 2. The van der Waals surface area contributed by atoms with Gasteiger partial charge in [-0.2, -0.15) is 11.8 Å². The van der Waals surface area contributed by atoms with Crippen molar-refractivity contribution in [1.29, 1.82) is 0 Å². The molecule has 2 aliphatic rings. The van der Waals surface area contributed by atoms with Crippen molar-refractivity contribution >= 4 is 23.8 Å². The molecule has 2 bridgehead atoms. The number of amides is 2. The highest BCUT2D eigenvalue weighted by atomic mass is 32.2. The molecule has 4 atom stereocenters. The van der Waals surface area contributed by atoms with E-state index >= 15 is 0 Å². The molecule has 1 fully saturated rings. The fourth-order valence-electron chi connectivity index (χ4n) is 4.11. The quantitative estimate of drug-likeness (QED) is 0.557. The first-order valence-corrected chi connectivity index (χ1v) is 12.0. The number of thioether (sulfide) groups is 1. The molecule has 1 unspecified atom stereocenters. The molecule has 170 valence electrons. The van der Waals surface area contributed by atoms with E-state index in [1.807, 2.05) is 45.0 Å². The number of methoxy groups -OCH3 is 1. The van der Waals surface area contributed by atoms with Crippen molar-refractivity contribution in [3.05, 3.63) is 42.0 Å². The fourth-order valence-corrected chi connectivity index (χ4v) is 5.40. The molecule has 3 rings (SSSR count). The second-order valence-electron chi connectivity index (χ2n) is 9.34. The van der Waals surface area contributed by atoms with Gasteiger partial charge in [-0.1, -0.05) is 24.3 Å². The molecular weight excluding hydrogens is 412 g/mol. The van der Waals surface area contributed by atoms with Crippen LogP contribution in [0.15, 0.2) is 36.4 Å². The van der Waals surface area contributed by atoms with Gasteiger partial charge in [0.1, 0.15) is 17.4 Å². The van der Waals surface area contributed by atoms with Gasteiger partial charge in [-0.3, -0.25) is 4.79 Å². The standard InChI is InChI=1S/C24H34N2O4S/c1-24(2,3)30-23(28)26-21(15-31-14-19-12-17-5-8-18(19)11-17)22(27)25-13-16-6-9-20(29-4)10-7-16/h5-10,17-19,21H,11-15H2,1-4H3,(H,25,27)(H,26,28)/t17?,18-,19-,21-/m0/s1. The van der Waals surface area contributed by atoms with E-state index in [9.17, 15) is 9.59 Å². The molecule has 0 aliphatic heterocycles. The van der Waals surface area contributed by atoms with E-state index in [-0.39, 0.29) is 5.91 Å². The van der Waals surface area contributed by atoms with Gasteiger partial charge in [-0.25, -0.2) is 4.79 Å². The minimum atomic E-state index is -0.646. The normalized spacial score (nSPS) is 22.8. The SMILES string of the molecule is COc1ccc(CNC(=O)[C@H](CSC[C@@H]2CC3C=C[C@H]2C3)NC(=O)OC(C)(C)C)cc1. The van der Waals surface area contributed by atoms with Crippen molar-refractivity contribution in [3.63, 3.8) is 0 Å². The first-order valence-electron chi connectivity index (χ1n) is 10.9. The number of hydrogen-bond donors (Lipinski definition) is 2. The Morgan fingerprint density at radius 3 is 2.48 bits per heavy atom. The maximum Gasteiger partial charge on any atom is 0.408 e. The Balaban J connectivity index is 1.53. The maximum absolute atomic E-state index is 12.9. The van der Waals surface area contributed by atoms with Crippen LogP contribution in [-0.2, 0) is 16.1 Å². The fraction of sp³-hybridized carbons (Fsp3) is 0.583. The molecular formula is C24H34N2O4S. The van der Waals surface area contributed by atoms with Crippen LogP contribution in [0.25, 0.3) is 0 Å². The third kappa shape index (κ3) is 7.20. The number of hydrogen-bond acceptors (Lipinski definition) is 5. The van der Waals surface area contributed by atoms with Gasteiger partial charge in [0.2, 0.25) is 5.91 Å². The molecule has 31 heavy (non-hydrogen) atoms. The summed E-state index contributed by atoms with van der Waals surface area (Å²) in [6.45, 7) is 5.81. The zero-order valence-corrected chi connectivity index (χ0v) is 19.7. The van der Waals surface area contributed by atoms with Gasteiger partial charge in [0.05, 0.1) is 7.11 Å². The monoisotopic (exact) mass is 446 g/mol. The molecule has 0 aromatic heterocycles. The first kappa shape index (κ1) is 23.5. The number of allylic oxidation sites excluding steroid dienone is 2. The van der Waals surface area contributed by atoms with E-state index in [4.69, 9.17) is 9.47 Å². The lowest BCUT2D eigenvalue weighted by Crippen LogP contribution is -2.49. The Labute approximate surface area is 189 Å². The molecule has 0 saturated heterocycles. The number of carbonyl (C=O) groups excluding carboxylic acids is 2. The van der Waals surface area contributed by atoms with Crippen molar-refractivity contribution in [2.75, 3.05) is 18.6 Å². The minimum Gasteiger partial charge on any atom is -0.497 e. The molecule has 2 N–H and O–H groups in total. The second kappa shape index (κ2) is 10.4. The van der Waals surface area contributed by atoms with Crippen LogP contribution in [0, 0.1) is 17.8 Å². The van der Waals surface area contributed by atoms with Crippen molar-refractivity contribution in [2.45, 2.75) is 51.8 Å². The summed E-state index contributed by atoms with van der Waals surface area (Å²) in [6.07, 6.45) is 6.62. The van der Waals surface area contributed by atoms with Crippen LogP contribution in [0.3, 0.4) is 0 Å². The van der Waals surface area contributed by atoms with E-state index in [1.165, 1.54) is 12.8 Å². The highest BCUT2D eigenvalue weighted by Crippen LogP contribution is 2.44. The summed E-state index contributed by atoms with van der Waals surface area (Å²) in [5, 5.41) is 5.69. The second-order valence-corrected chi connectivity index (χ2v) is 10.4. The zero-order chi connectivity index (χ0) is 22.4. The summed E-state index contributed by atoms with van der Waals surface area (Å²) in [6, 6.07) is 6.89. The first-order chi connectivity index (χ1) is 14.7. The molecule has 7 heteroatoms. The average molecular weight is 447 g/mol. The Morgan fingerprint density at radius 1 is 1.16 bits per heavy atom. The number of benzene rings is 1. The lowest BCUT2D eigenvalue weighted by atomic mass is 9.96. The molecule has 1 aromatic carbocycles. The summed E-state index contributed by atoms with van der Waals surface area (Å²) < 4.78 is 10.5. The summed E-state index contributed by atoms with van der Waals surface area (Å²) in [5.74, 6) is 4.17. The number of fused-ring (bicyclic) bond motifs is 2. The summed E-state index contributed by atoms with van der Waals surface area (Å²) >= 11 is 1.73. The smallest absolute Gasteiger partial charge is 0.408 e. The summed E-state index contributed by atoms with van der Waals surface area (Å²) in [5.41, 5.74) is 0.350. The Hall–Kier alpha value is -2.15. The van der Waals surface area contributed by atoms with Gasteiger partial charge in [-0.15, -0.1) is 0 Å². The predicted molar refractivity (Wildman–Crippen MR) is 124 cm³/mol. The van der Waals surface area contributed by atoms with Crippen LogP contribution in [0.2, 0.25) is 0 Å². The molecule has 2 aliphatic carbocycles. The van der Waals surface area contributed by atoms with Crippen molar-refractivity contribution in [2.24, 2.45) is 17.8 Å². The zero-order valence-electron chi connectivity index (χ0n) is 18.9. The van der Waals surface area contributed by atoms with Crippen LogP contribution in [0.1, 0.15) is 39.2 Å². The van der Waals surface area contributed by atoms with Crippen LogP contribution in [0.5, 0.6) is 5.75 Å². The van der Waals surface area contributed by atoms with Gasteiger partial charge >= 0.3 is 6.09 Å². The van der Waals surface area contributed by atoms with E-state index in [0.29, 0.717) is 24.1 Å². The number of rotatable bonds is 9. The highest BCUT2D eigenvalue weighted by molar-refractivity contribution is 7.99. The number of carbonyl (C=O) groups is 2. The van der Waals surface area contributed by atoms with E-state index < -0.39 is 17.7 Å². The number of alkyl carbamates (subject to hydrolysis) is 1. The van der Waals surface area contributed by atoms with Gasteiger partial charge in [0, 0.05) is 12.3 Å². The van der Waals surface area contributed by atoms with Gasteiger partial charge in [-0.05, 0) is 74.8 Å². The highest BCUT2D eigenvalue weighted by Gasteiger charge is 2.35. The van der Waals surface area contributed by atoms with Crippen LogP contribution < -0.4 is 15.4 Å². The van der Waals surface area contributed by atoms with Gasteiger partial charge < -0.3 is 20.1 Å². The summed E-state index contributed by atoms with van der Waals surface area (Å²) in [4.78, 5) is 25.2. The molecule has 2 amide bonds. The molecule has 1 saturated carbocycles. The summed E-state index contributed by atoms with van der Waals surface area (Å²) in [7, 11) is 1.62. The third-order valence-corrected chi connectivity index (χ3v) is 6.90. The average Bonchev–Trinajstić information content (AvgIpc) is 3.33. The Kier molecular flexibility index (Phi) is 7.92. The predicted octanol–water partition coefficient (Wildman–Crippen LogP) is 4.15.